The smallest absolute Gasteiger partial charge is 0.214 e. The molecule has 2 rings (SSSR count). The predicted octanol–water partition coefficient (Wildman–Crippen LogP) is 0.820. The summed E-state index contributed by atoms with van der Waals surface area (Å²) in [5, 5.41) is 0. The van der Waals surface area contributed by atoms with Gasteiger partial charge < -0.3 is 5.73 Å². The van der Waals surface area contributed by atoms with Crippen molar-refractivity contribution in [3.63, 3.8) is 0 Å². The minimum atomic E-state index is -3.18. The van der Waals surface area contributed by atoms with Crippen molar-refractivity contribution in [2.24, 2.45) is 5.73 Å². The van der Waals surface area contributed by atoms with Gasteiger partial charge in [0.15, 0.2) is 0 Å². The molecule has 0 spiro atoms. The second-order valence-electron chi connectivity index (χ2n) is 4.13. The molecular formula is C11H15FN2O2S. The molecule has 1 heterocycles. The van der Waals surface area contributed by atoms with E-state index in [1.165, 1.54) is 10.4 Å². The summed E-state index contributed by atoms with van der Waals surface area (Å²) in [6.07, 6.45) is 0.616. The maximum absolute atomic E-state index is 13.7. The largest absolute Gasteiger partial charge is 0.326 e. The molecule has 0 radical (unpaired) electrons. The molecule has 1 aliphatic rings. The van der Waals surface area contributed by atoms with Gasteiger partial charge in [-0.1, -0.05) is 12.1 Å². The van der Waals surface area contributed by atoms with Crippen LogP contribution in [0.15, 0.2) is 18.2 Å². The van der Waals surface area contributed by atoms with Gasteiger partial charge in [0.05, 0.1) is 5.75 Å². The van der Waals surface area contributed by atoms with Crippen LogP contribution in [0.25, 0.3) is 0 Å². The Morgan fingerprint density at radius 2 is 2.18 bits per heavy atom. The Bertz CT molecular complexity index is 516. The molecule has 1 saturated heterocycles. The van der Waals surface area contributed by atoms with Crippen molar-refractivity contribution in [3.05, 3.63) is 35.1 Å². The van der Waals surface area contributed by atoms with Crippen LogP contribution in [0.4, 0.5) is 4.39 Å². The Morgan fingerprint density at radius 1 is 1.41 bits per heavy atom. The molecule has 1 fully saturated rings. The highest BCUT2D eigenvalue weighted by atomic mass is 32.2. The average molecular weight is 258 g/mol. The van der Waals surface area contributed by atoms with Gasteiger partial charge in [0.2, 0.25) is 10.0 Å². The maximum Gasteiger partial charge on any atom is 0.214 e. The summed E-state index contributed by atoms with van der Waals surface area (Å²) in [7, 11) is -3.18. The van der Waals surface area contributed by atoms with Crippen molar-refractivity contribution in [2.75, 3.05) is 12.3 Å². The van der Waals surface area contributed by atoms with Crippen molar-refractivity contribution in [1.29, 1.82) is 0 Å². The molecule has 2 N–H and O–H groups in total. The normalized spacial score (nSPS) is 19.6. The van der Waals surface area contributed by atoms with E-state index in [-0.39, 0.29) is 18.8 Å². The van der Waals surface area contributed by atoms with Gasteiger partial charge >= 0.3 is 0 Å². The van der Waals surface area contributed by atoms with E-state index in [1.54, 1.807) is 12.1 Å². The van der Waals surface area contributed by atoms with Crippen molar-refractivity contribution in [1.82, 2.24) is 4.31 Å². The molecule has 0 amide bonds. The maximum atomic E-state index is 13.7. The van der Waals surface area contributed by atoms with Crippen LogP contribution in [0.2, 0.25) is 0 Å². The zero-order valence-electron chi connectivity index (χ0n) is 9.39. The third-order valence-corrected chi connectivity index (χ3v) is 4.81. The average Bonchev–Trinajstić information content (AvgIpc) is 2.61. The van der Waals surface area contributed by atoms with Crippen LogP contribution in [-0.2, 0) is 23.1 Å². The Hall–Kier alpha value is -0.980. The first kappa shape index (κ1) is 12.5. The first-order chi connectivity index (χ1) is 8.03. The van der Waals surface area contributed by atoms with E-state index in [9.17, 15) is 12.8 Å². The number of rotatable bonds is 3. The molecule has 0 atom stereocenters. The number of hydrogen-bond acceptors (Lipinski definition) is 3. The predicted molar refractivity (Wildman–Crippen MR) is 63.1 cm³/mol. The fourth-order valence-corrected chi connectivity index (χ4v) is 3.40. The third-order valence-electron chi connectivity index (χ3n) is 2.90. The number of hydrogen-bond donors (Lipinski definition) is 1. The van der Waals surface area contributed by atoms with Crippen molar-refractivity contribution in [2.45, 2.75) is 19.5 Å². The summed E-state index contributed by atoms with van der Waals surface area (Å²) in [4.78, 5) is 0. The van der Waals surface area contributed by atoms with Crippen LogP contribution >= 0.6 is 0 Å². The lowest BCUT2D eigenvalue weighted by Gasteiger charge is -2.15. The SMILES string of the molecule is NCc1ccc(CN2CCCS2(=O)=O)c(F)c1. The topological polar surface area (TPSA) is 63.4 Å². The Morgan fingerprint density at radius 3 is 2.71 bits per heavy atom. The molecule has 1 aromatic carbocycles. The number of nitrogens with two attached hydrogens (primary N) is 1. The lowest BCUT2D eigenvalue weighted by atomic mass is 10.1. The molecule has 6 heteroatoms. The van der Waals surface area contributed by atoms with Crippen molar-refractivity contribution >= 4 is 10.0 Å². The third kappa shape index (κ3) is 2.65. The number of benzene rings is 1. The first-order valence-corrected chi connectivity index (χ1v) is 7.09. The van der Waals surface area contributed by atoms with Gasteiger partial charge in [0.25, 0.3) is 0 Å². The zero-order chi connectivity index (χ0) is 12.5. The van der Waals surface area contributed by atoms with E-state index in [1.807, 2.05) is 0 Å². The summed E-state index contributed by atoms with van der Waals surface area (Å²) in [6.45, 7) is 0.860. The zero-order valence-corrected chi connectivity index (χ0v) is 10.2. The van der Waals surface area contributed by atoms with Crippen LogP contribution in [-0.4, -0.2) is 25.0 Å². The standard InChI is InChI=1S/C11H15FN2O2S/c12-11-6-9(7-13)2-3-10(11)8-14-4-1-5-17(14,15)16/h2-3,6H,1,4-5,7-8,13H2. The summed E-state index contributed by atoms with van der Waals surface area (Å²) in [5.74, 6) is -0.231. The fourth-order valence-electron chi connectivity index (χ4n) is 1.90. The van der Waals surface area contributed by atoms with Crippen LogP contribution < -0.4 is 5.73 Å². The van der Waals surface area contributed by atoms with Gasteiger partial charge in [-0.15, -0.1) is 0 Å². The van der Waals surface area contributed by atoms with E-state index < -0.39 is 15.8 Å². The lowest BCUT2D eigenvalue weighted by Crippen LogP contribution is -2.25. The van der Waals surface area contributed by atoms with E-state index in [2.05, 4.69) is 0 Å². The van der Waals surface area contributed by atoms with Crippen LogP contribution in [0, 0.1) is 5.82 Å². The molecule has 0 saturated carbocycles. The lowest BCUT2D eigenvalue weighted by molar-refractivity contribution is 0.430. The quantitative estimate of drug-likeness (QED) is 0.873. The van der Waals surface area contributed by atoms with Crippen LogP contribution in [0.1, 0.15) is 17.5 Å². The molecule has 1 aliphatic heterocycles. The summed E-state index contributed by atoms with van der Waals surface area (Å²) in [6, 6.07) is 4.69. The number of halogens is 1. The molecule has 1 aromatic rings. The molecule has 17 heavy (non-hydrogen) atoms. The Kier molecular flexibility index (Phi) is 3.46. The molecular weight excluding hydrogens is 243 g/mol. The van der Waals surface area contributed by atoms with Crippen molar-refractivity contribution in [3.8, 4) is 0 Å². The minimum Gasteiger partial charge on any atom is -0.326 e. The van der Waals surface area contributed by atoms with Gasteiger partial charge in [0, 0.05) is 25.2 Å². The van der Waals surface area contributed by atoms with E-state index >= 15 is 0 Å². The summed E-state index contributed by atoms with van der Waals surface area (Å²) >= 11 is 0. The number of sulfonamides is 1. The Balaban J connectivity index is 2.19. The summed E-state index contributed by atoms with van der Waals surface area (Å²) in [5.41, 5.74) is 6.50. The molecule has 0 aliphatic carbocycles. The molecule has 0 bridgehead atoms. The first-order valence-electron chi connectivity index (χ1n) is 5.48. The Labute approximate surface area is 100 Å². The van der Waals surface area contributed by atoms with Gasteiger partial charge in [-0.25, -0.2) is 12.8 Å². The highest BCUT2D eigenvalue weighted by molar-refractivity contribution is 7.89. The number of nitrogens with zero attached hydrogens (tertiary/aromatic N) is 1. The van der Waals surface area contributed by atoms with E-state index in [0.29, 0.717) is 24.1 Å². The van der Waals surface area contributed by atoms with Gasteiger partial charge in [-0.2, -0.15) is 4.31 Å². The molecule has 4 nitrogen and oxygen atoms in total. The highest BCUT2D eigenvalue weighted by Gasteiger charge is 2.28. The van der Waals surface area contributed by atoms with Gasteiger partial charge in [-0.3, -0.25) is 0 Å². The fraction of sp³-hybridized carbons (Fsp3) is 0.455. The molecule has 0 aromatic heterocycles. The highest BCUT2D eigenvalue weighted by Crippen LogP contribution is 2.19. The van der Waals surface area contributed by atoms with Gasteiger partial charge in [0.1, 0.15) is 5.82 Å². The van der Waals surface area contributed by atoms with Crippen molar-refractivity contribution < 1.29 is 12.8 Å². The molecule has 0 unspecified atom stereocenters. The van der Waals surface area contributed by atoms with Gasteiger partial charge in [-0.05, 0) is 18.1 Å². The second-order valence-corrected chi connectivity index (χ2v) is 6.22. The monoisotopic (exact) mass is 258 g/mol. The summed E-state index contributed by atoms with van der Waals surface area (Å²) < 4.78 is 38.2. The van der Waals surface area contributed by atoms with Crippen LogP contribution in [0.3, 0.4) is 0 Å². The van der Waals surface area contributed by atoms with E-state index in [0.717, 1.165) is 0 Å². The second kappa shape index (κ2) is 4.72. The van der Waals surface area contributed by atoms with E-state index in [4.69, 9.17) is 5.73 Å². The van der Waals surface area contributed by atoms with Crippen LogP contribution in [0.5, 0.6) is 0 Å². The minimum absolute atomic E-state index is 0.110. The molecule has 94 valence electrons.